The number of Topliss-reactive ketones (excluding diaryl/α,β-unsaturated/α-hetero) is 2. The maximum atomic E-state index is 16.5. The summed E-state index contributed by atoms with van der Waals surface area (Å²) in [5.74, 6) is -12.0. The molecule has 9 N–H and O–H groups in total. The Morgan fingerprint density at radius 2 is 1.36 bits per heavy atom. The molecule has 7 aliphatic rings. The fraction of sp³-hybridized carbons (Fsp3) is 0.463. The van der Waals surface area contributed by atoms with E-state index in [0.29, 0.717) is 5.56 Å². The van der Waals surface area contributed by atoms with Gasteiger partial charge in [0.25, 0.3) is 5.91 Å². The van der Waals surface area contributed by atoms with E-state index in [2.05, 4.69) is 10.6 Å². The third-order valence-electron chi connectivity index (χ3n) is 22.6. The highest BCUT2D eigenvalue weighted by atomic mass is 33.1. The van der Waals surface area contributed by atoms with Gasteiger partial charge in [0, 0.05) is 85.1 Å². The number of methoxy groups -OCH3 is 1. The molecule has 0 aromatic heterocycles. The molecule has 5 unspecified atom stereocenters. The van der Waals surface area contributed by atoms with Gasteiger partial charge in [-0.3, -0.25) is 33.6 Å². The highest BCUT2D eigenvalue weighted by molar-refractivity contribution is 8.76. The lowest BCUT2D eigenvalue weighted by Crippen LogP contribution is -2.82. The normalized spacial score (nSPS) is 29.0. The first kappa shape index (κ1) is 82.6. The number of carbonyl (C=O) groups excluding carboxylic acids is 11. The topological polar surface area (TPSA) is 455 Å². The number of benzene rings is 5. The van der Waals surface area contributed by atoms with Crippen LogP contribution in [0.1, 0.15) is 156 Å². The summed E-state index contributed by atoms with van der Waals surface area (Å²) in [6, 6.07) is 25.2. The Morgan fingerprint density at radius 3 is 1.98 bits per heavy atom. The predicted octanol–water partition coefficient (Wildman–Crippen LogP) is 6.06. The molecule has 2 saturated heterocycles. The monoisotopic (exact) mass is 1600 g/mol. The number of aliphatic hydroxyl groups is 5. The van der Waals surface area contributed by atoms with Crippen molar-refractivity contribution in [1.29, 1.82) is 0 Å². The number of ketones is 4. The van der Waals surface area contributed by atoms with Crippen LogP contribution in [-0.4, -0.2) is 224 Å². The zero-order valence-corrected chi connectivity index (χ0v) is 64.2. The average molecular weight is 1600 g/mol. The van der Waals surface area contributed by atoms with Gasteiger partial charge in [-0.25, -0.2) is 19.2 Å². The summed E-state index contributed by atoms with van der Waals surface area (Å²) < 4.78 is 66.0. The molecule has 113 heavy (non-hydrogen) atoms. The van der Waals surface area contributed by atoms with Gasteiger partial charge in [0.05, 0.1) is 71.6 Å². The highest BCUT2D eigenvalue weighted by Gasteiger charge is 2.79. The number of esters is 4. The lowest BCUT2D eigenvalue weighted by Gasteiger charge is -2.67. The molecular weight excluding hydrogens is 1520 g/mol. The van der Waals surface area contributed by atoms with Crippen LogP contribution in [0, 0.1) is 16.7 Å². The lowest BCUT2D eigenvalue weighted by atomic mass is 9.44. The molecule has 12 rings (SSSR count). The maximum absolute atomic E-state index is 16.5. The molecule has 2 heterocycles. The number of amides is 2. The summed E-state index contributed by atoms with van der Waals surface area (Å²) in [6.07, 6.45) is -21.4. The Balaban J connectivity index is 0.730. The summed E-state index contributed by atoms with van der Waals surface area (Å²) in [6.45, 7) is 7.17. The van der Waals surface area contributed by atoms with E-state index in [-0.39, 0.29) is 81.4 Å². The SMILES string of the molecule is COc1cccc2c1C(=O)c1c(O)c3c(c(O)c1C2=O)CC(O)(C(=O)CO)C[C@@H]3OC1CC(NC(=O)OCCSSCCOC(=O)O[C@H]2C[C@H]3OC[C@@]3(OC(C)=O)[C@H]3[C@H](OC(=O)c4ccccc4)[C@]4(O)C[C@H](OC(=O)[C@H](O)[C@@H](NC(=O)c5ccccc5)c5ccccc5)C(C)=C([C@@H](OC(C)=O)C(=O)[C@]23C)C4(C)C)C(O)C(C)O1. The molecule has 33 heteroatoms. The fourth-order valence-electron chi connectivity index (χ4n) is 17.0. The molecule has 0 radical (unpaired) electrons. The van der Waals surface area contributed by atoms with Crippen LogP contribution < -0.4 is 15.4 Å². The predicted molar refractivity (Wildman–Crippen MR) is 395 cm³/mol. The molecule has 5 aromatic rings. The molecule has 2 aliphatic heterocycles. The van der Waals surface area contributed by atoms with Crippen molar-refractivity contribution in [2.45, 2.75) is 171 Å². The van der Waals surface area contributed by atoms with Crippen molar-refractivity contribution in [2.75, 3.05) is 45.0 Å². The van der Waals surface area contributed by atoms with Crippen molar-refractivity contribution < 1.29 is 141 Å². The number of rotatable bonds is 24. The molecule has 17 atom stereocenters. The van der Waals surface area contributed by atoms with Gasteiger partial charge in [-0.1, -0.05) is 114 Å². The van der Waals surface area contributed by atoms with E-state index in [4.69, 9.17) is 52.1 Å². The van der Waals surface area contributed by atoms with Crippen LogP contribution in [0.5, 0.6) is 17.2 Å². The summed E-state index contributed by atoms with van der Waals surface area (Å²) in [4.78, 5) is 156. The summed E-state index contributed by atoms with van der Waals surface area (Å²) in [7, 11) is 3.63. The number of phenols is 2. The number of ether oxygens (including phenoxy) is 11. The van der Waals surface area contributed by atoms with Crippen LogP contribution in [0.15, 0.2) is 120 Å². The second kappa shape index (κ2) is 33.0. The van der Waals surface area contributed by atoms with E-state index in [0.717, 1.165) is 13.8 Å². The van der Waals surface area contributed by atoms with E-state index >= 15 is 4.79 Å². The Kier molecular flexibility index (Phi) is 24.1. The molecule has 2 bridgehead atoms. The van der Waals surface area contributed by atoms with Crippen molar-refractivity contribution in [3.63, 3.8) is 0 Å². The van der Waals surface area contributed by atoms with Crippen LogP contribution >= 0.6 is 21.6 Å². The van der Waals surface area contributed by atoms with E-state index in [1.54, 1.807) is 66.7 Å². The maximum Gasteiger partial charge on any atom is 0.508 e. The molecule has 31 nitrogen and oxygen atoms in total. The number of hydrogen-bond acceptors (Lipinski definition) is 31. The van der Waals surface area contributed by atoms with Crippen molar-refractivity contribution in [1.82, 2.24) is 10.6 Å². The number of fused-ring (bicyclic) bond motifs is 8. The molecule has 2 saturated carbocycles. The first-order chi connectivity index (χ1) is 53.6. The van der Waals surface area contributed by atoms with Crippen molar-refractivity contribution in [3.8, 4) is 17.2 Å². The van der Waals surface area contributed by atoms with Gasteiger partial charge in [0.2, 0.25) is 5.78 Å². The van der Waals surface area contributed by atoms with Gasteiger partial charge < -0.3 is 98.5 Å². The van der Waals surface area contributed by atoms with Crippen LogP contribution in [0.2, 0.25) is 0 Å². The second-order valence-electron chi connectivity index (χ2n) is 29.6. The summed E-state index contributed by atoms with van der Waals surface area (Å²) >= 11 is 0. The Morgan fingerprint density at radius 1 is 0.726 bits per heavy atom. The van der Waals surface area contributed by atoms with E-state index < -0.39 is 234 Å². The third-order valence-corrected chi connectivity index (χ3v) is 25.0. The van der Waals surface area contributed by atoms with Gasteiger partial charge in [0.15, 0.2) is 41.4 Å². The quantitative estimate of drug-likeness (QED) is 0.00830. The minimum Gasteiger partial charge on any atom is -0.507 e. The molecule has 2 amide bonds. The lowest BCUT2D eigenvalue weighted by molar-refractivity contribution is -0.346. The Hall–Kier alpha value is -9.81. The van der Waals surface area contributed by atoms with Gasteiger partial charge >= 0.3 is 36.1 Å². The van der Waals surface area contributed by atoms with Crippen molar-refractivity contribution in [3.05, 3.63) is 170 Å². The van der Waals surface area contributed by atoms with Crippen molar-refractivity contribution >= 4 is 86.8 Å². The summed E-state index contributed by atoms with van der Waals surface area (Å²) in [5, 5.41) is 88.3. The molecule has 0 spiro atoms. The molecular formula is C80H86N2O29S2. The highest BCUT2D eigenvalue weighted by Crippen LogP contribution is 2.65. The van der Waals surface area contributed by atoms with Gasteiger partial charge in [-0.15, -0.1) is 0 Å². The zero-order chi connectivity index (χ0) is 81.6. The first-order valence-corrected chi connectivity index (χ1v) is 38.9. The van der Waals surface area contributed by atoms with E-state index in [9.17, 15) is 83.7 Å². The Labute approximate surface area is 655 Å². The van der Waals surface area contributed by atoms with E-state index in [1.807, 2.05) is 0 Å². The minimum absolute atomic E-state index is 0.000588. The number of aliphatic hydroxyl groups excluding tert-OH is 3. The standard InChI is InChI=1S/C80H86N2O29S2/c1-38-49(108-73(96)66(92)60(42-19-12-9-13-20-42)82-71(94)43-21-14-10-15-22-43)35-80(100)70(110-72(95)44-23-16-11-17-24-44)68-77(7,69(93)67(106-40(3)84)59(38)76(80,5)6)52(32-53-79(68,37-104-53)111-41(4)85)109-75(98)103-28-30-113-112-29-27-102-74(97)81-47-31-54(105-39(2)61(47)87)107-50-34-78(99,51(86)36-83)33-46-56(50)65(91)58-57(63(46)89)62(88)45-25-18-26-48(101-8)55(45)64(58)90/h9-26,39,47,49-50,52-54,60-61,66-68,70,83,87,89,91-92,99-100H,27-37H2,1-8H3,(H,81,97)(H,82,94)/t39?,47?,49-,50-,52-,53+,54?,60-,61?,66+,67+,68-,70-,77+,78?,79-,80+/m0/s1. The van der Waals surface area contributed by atoms with Crippen molar-refractivity contribution in [2.24, 2.45) is 16.7 Å². The van der Waals surface area contributed by atoms with Gasteiger partial charge in [0.1, 0.15) is 78.8 Å². The number of carbonyl (C=O) groups is 11. The van der Waals surface area contributed by atoms with Crippen LogP contribution in [0.4, 0.5) is 9.59 Å². The Bertz CT molecular complexity index is 4620. The minimum atomic E-state index is -2.60. The molecule has 5 aliphatic carbocycles. The van der Waals surface area contributed by atoms with Crippen LogP contribution in [-0.2, 0) is 77.8 Å². The number of alkyl carbamates (subject to hydrolysis) is 1. The van der Waals surface area contributed by atoms with Gasteiger partial charge in [-0.05, 0) is 67.8 Å². The smallest absolute Gasteiger partial charge is 0.507 e. The third kappa shape index (κ3) is 15.4. The average Bonchev–Trinajstić information content (AvgIpc) is 0.665. The largest absolute Gasteiger partial charge is 0.508 e. The van der Waals surface area contributed by atoms with Gasteiger partial charge in [-0.2, -0.15) is 0 Å². The molecule has 602 valence electrons. The number of aromatic hydroxyl groups is 2. The van der Waals surface area contributed by atoms with Crippen LogP contribution in [0.3, 0.4) is 0 Å². The number of hydrogen-bond donors (Lipinski definition) is 9. The fourth-order valence-corrected chi connectivity index (χ4v) is 18.6. The molecule has 5 aromatic carbocycles. The number of nitrogens with one attached hydrogen (secondary N) is 2. The number of phenolic OH excluding ortho intramolecular Hbond substituents is 2. The second-order valence-corrected chi connectivity index (χ2v) is 32.3. The first-order valence-electron chi connectivity index (χ1n) is 36.4. The zero-order valence-electron chi connectivity index (χ0n) is 62.6. The van der Waals surface area contributed by atoms with E-state index in [1.165, 1.54) is 106 Å². The van der Waals surface area contributed by atoms with Crippen LogP contribution in [0.25, 0.3) is 0 Å². The summed E-state index contributed by atoms with van der Waals surface area (Å²) in [5.41, 5.74) is -13.0. The molecule has 4 fully saturated rings.